The van der Waals surface area contributed by atoms with Crippen LogP contribution in [0.15, 0.2) is 65.1 Å². The molecule has 0 fully saturated rings. The average Bonchev–Trinajstić information content (AvgIpc) is 3.12. The van der Waals surface area contributed by atoms with Gasteiger partial charge in [0.2, 0.25) is 0 Å². The molecular formula is C20H14FNO6. The molecule has 142 valence electrons. The average molecular weight is 383 g/mol. The maximum absolute atomic E-state index is 13.3. The number of nitro groups is 1. The largest absolute Gasteiger partial charge is 0.508 e. The summed E-state index contributed by atoms with van der Waals surface area (Å²) in [6.45, 7) is -0.149. The molecule has 28 heavy (non-hydrogen) atoms. The van der Waals surface area contributed by atoms with Crippen LogP contribution in [-0.2, 0) is 6.61 Å². The Balaban J connectivity index is 1.65. The molecule has 0 atom stereocenters. The number of benzene rings is 2. The highest BCUT2D eigenvalue weighted by atomic mass is 19.1. The van der Waals surface area contributed by atoms with Gasteiger partial charge in [-0.2, -0.15) is 0 Å². The molecular weight excluding hydrogens is 369 g/mol. The van der Waals surface area contributed by atoms with E-state index in [2.05, 4.69) is 0 Å². The monoisotopic (exact) mass is 383 g/mol. The molecule has 0 spiro atoms. The normalized spacial score (nSPS) is 10.9. The number of nitrogens with zero attached hydrogens (tertiary/aromatic N) is 1. The lowest BCUT2D eigenvalue weighted by Crippen LogP contribution is -1.99. The molecule has 0 aliphatic rings. The number of hydrogen-bond donors (Lipinski definition) is 1. The molecule has 0 unspecified atom stereocenters. The van der Waals surface area contributed by atoms with E-state index < -0.39 is 10.7 Å². The Hall–Kier alpha value is -3.94. The predicted molar refractivity (Wildman–Crippen MR) is 97.6 cm³/mol. The van der Waals surface area contributed by atoms with Crippen LogP contribution in [0.3, 0.4) is 0 Å². The van der Waals surface area contributed by atoms with Crippen molar-refractivity contribution in [3.05, 3.63) is 93.7 Å². The molecule has 0 saturated heterocycles. The zero-order valence-electron chi connectivity index (χ0n) is 14.4. The highest BCUT2D eigenvalue weighted by Gasteiger charge is 2.16. The van der Waals surface area contributed by atoms with Gasteiger partial charge in [-0.3, -0.25) is 14.9 Å². The van der Waals surface area contributed by atoms with Gasteiger partial charge in [-0.25, -0.2) is 4.39 Å². The van der Waals surface area contributed by atoms with Crippen LogP contribution in [0.4, 0.5) is 10.1 Å². The summed E-state index contributed by atoms with van der Waals surface area (Å²) in [5.41, 5.74) is 0.0511. The minimum absolute atomic E-state index is 0.0646. The number of rotatable bonds is 7. The molecule has 1 aromatic heterocycles. The Kier molecular flexibility index (Phi) is 5.50. The molecule has 1 N–H and O–H groups in total. The number of aromatic hydroxyl groups is 1. The van der Waals surface area contributed by atoms with Gasteiger partial charge in [0.05, 0.1) is 4.92 Å². The van der Waals surface area contributed by atoms with Gasteiger partial charge in [0.25, 0.3) is 0 Å². The van der Waals surface area contributed by atoms with Crippen molar-refractivity contribution in [2.24, 2.45) is 0 Å². The molecule has 1 heterocycles. The fraction of sp³-hybridized carbons (Fsp3) is 0.0500. The summed E-state index contributed by atoms with van der Waals surface area (Å²) in [5.74, 6) is -0.355. The molecule has 0 bridgehead atoms. The second-order valence-electron chi connectivity index (χ2n) is 5.71. The van der Waals surface area contributed by atoms with Crippen LogP contribution in [-0.4, -0.2) is 15.8 Å². The quantitative estimate of drug-likeness (QED) is 0.279. The van der Waals surface area contributed by atoms with Gasteiger partial charge >= 0.3 is 5.69 Å². The summed E-state index contributed by atoms with van der Waals surface area (Å²) < 4.78 is 24.1. The van der Waals surface area contributed by atoms with E-state index >= 15 is 0 Å². The van der Waals surface area contributed by atoms with E-state index in [1.165, 1.54) is 36.4 Å². The van der Waals surface area contributed by atoms with Crippen LogP contribution in [0.5, 0.6) is 11.5 Å². The van der Waals surface area contributed by atoms with Gasteiger partial charge in [0, 0.05) is 17.7 Å². The lowest BCUT2D eigenvalue weighted by molar-refractivity contribution is -0.386. The minimum atomic E-state index is -0.667. The van der Waals surface area contributed by atoms with E-state index in [4.69, 9.17) is 9.15 Å². The SMILES string of the molecule is O=C(/C=C/c1ccc(COc2cc(F)ccc2[N+](=O)[O-])o1)c1ccc(O)cc1. The number of ketones is 1. The number of nitro benzene ring substituents is 1. The van der Waals surface area contributed by atoms with Crippen LogP contribution in [0, 0.1) is 15.9 Å². The maximum atomic E-state index is 13.3. The van der Waals surface area contributed by atoms with Gasteiger partial charge in [0.15, 0.2) is 11.5 Å². The van der Waals surface area contributed by atoms with Gasteiger partial charge in [-0.15, -0.1) is 0 Å². The van der Waals surface area contributed by atoms with Crippen molar-refractivity contribution in [1.82, 2.24) is 0 Å². The number of halogens is 1. The number of phenolic OH excluding ortho intramolecular Hbond substituents is 1. The van der Waals surface area contributed by atoms with Crippen LogP contribution < -0.4 is 4.74 Å². The third kappa shape index (κ3) is 4.61. The zero-order valence-corrected chi connectivity index (χ0v) is 14.4. The van der Waals surface area contributed by atoms with Gasteiger partial charge < -0.3 is 14.3 Å². The first kappa shape index (κ1) is 18.8. The molecule has 3 aromatic rings. The molecule has 0 aliphatic heterocycles. The van der Waals surface area contributed by atoms with Crippen molar-refractivity contribution in [1.29, 1.82) is 0 Å². The number of phenols is 1. The standard InChI is InChI=1S/C20H14FNO6/c21-14-3-9-18(22(25)26)20(11-14)27-12-17-7-6-16(28-17)8-10-19(24)13-1-4-15(23)5-2-13/h1-11,23H,12H2/b10-8+. The topological polar surface area (TPSA) is 103 Å². The number of allylic oxidation sites excluding steroid dienone is 1. The highest BCUT2D eigenvalue weighted by molar-refractivity contribution is 6.06. The van der Waals surface area contributed by atoms with E-state index in [-0.39, 0.29) is 29.6 Å². The first-order valence-corrected chi connectivity index (χ1v) is 8.09. The Bertz CT molecular complexity index is 1040. The third-order valence-electron chi connectivity index (χ3n) is 3.72. The van der Waals surface area contributed by atoms with Crippen molar-refractivity contribution in [2.75, 3.05) is 0 Å². The van der Waals surface area contributed by atoms with Crippen LogP contribution in [0.25, 0.3) is 6.08 Å². The second kappa shape index (κ2) is 8.17. The van der Waals surface area contributed by atoms with E-state index in [1.807, 2.05) is 0 Å². The number of carbonyl (C=O) groups excluding carboxylic acids is 1. The predicted octanol–water partition coefficient (Wildman–Crippen LogP) is 4.51. The first-order valence-electron chi connectivity index (χ1n) is 8.09. The fourth-order valence-electron chi connectivity index (χ4n) is 2.34. The fourth-order valence-corrected chi connectivity index (χ4v) is 2.34. The number of ether oxygens (including phenoxy) is 1. The van der Waals surface area contributed by atoms with E-state index in [1.54, 1.807) is 12.1 Å². The molecule has 0 radical (unpaired) electrons. The Morgan fingerprint density at radius 2 is 1.93 bits per heavy atom. The summed E-state index contributed by atoms with van der Waals surface area (Å²) in [7, 11) is 0. The Labute approximate surface area is 158 Å². The molecule has 2 aromatic carbocycles. The van der Waals surface area contributed by atoms with E-state index in [9.17, 15) is 24.4 Å². The third-order valence-corrected chi connectivity index (χ3v) is 3.72. The summed E-state index contributed by atoms with van der Waals surface area (Å²) in [5, 5.41) is 20.2. The van der Waals surface area contributed by atoms with Crippen molar-refractivity contribution < 1.29 is 28.4 Å². The van der Waals surface area contributed by atoms with Gasteiger partial charge in [-0.1, -0.05) is 0 Å². The summed E-state index contributed by atoms with van der Waals surface area (Å²) in [4.78, 5) is 22.3. The highest BCUT2D eigenvalue weighted by Crippen LogP contribution is 2.28. The molecule has 0 saturated carbocycles. The molecule has 0 amide bonds. The van der Waals surface area contributed by atoms with Gasteiger partial charge in [0.1, 0.15) is 29.7 Å². The van der Waals surface area contributed by atoms with Crippen LogP contribution in [0.1, 0.15) is 21.9 Å². The smallest absolute Gasteiger partial charge is 0.311 e. The number of hydrogen-bond acceptors (Lipinski definition) is 6. The minimum Gasteiger partial charge on any atom is -0.508 e. The molecule has 0 aliphatic carbocycles. The van der Waals surface area contributed by atoms with Crippen molar-refractivity contribution in [2.45, 2.75) is 6.61 Å². The summed E-state index contributed by atoms with van der Waals surface area (Å²) in [6.07, 6.45) is 2.77. The Morgan fingerprint density at radius 3 is 2.64 bits per heavy atom. The first-order chi connectivity index (χ1) is 13.4. The van der Waals surface area contributed by atoms with Gasteiger partial charge in [-0.05, 0) is 54.6 Å². The van der Waals surface area contributed by atoms with Crippen molar-refractivity contribution in [3.63, 3.8) is 0 Å². The summed E-state index contributed by atoms with van der Waals surface area (Å²) >= 11 is 0. The van der Waals surface area contributed by atoms with Crippen molar-refractivity contribution >= 4 is 17.5 Å². The van der Waals surface area contributed by atoms with Crippen molar-refractivity contribution in [3.8, 4) is 11.5 Å². The number of carbonyl (C=O) groups is 1. The molecule has 8 heteroatoms. The zero-order chi connectivity index (χ0) is 20.1. The number of furan rings is 1. The molecule has 3 rings (SSSR count). The Morgan fingerprint density at radius 1 is 1.18 bits per heavy atom. The second-order valence-corrected chi connectivity index (χ2v) is 5.71. The van der Waals surface area contributed by atoms with E-state index in [0.29, 0.717) is 17.1 Å². The summed E-state index contributed by atoms with van der Waals surface area (Å²) in [6, 6.07) is 11.9. The van der Waals surface area contributed by atoms with Crippen LogP contribution in [0.2, 0.25) is 0 Å². The lowest BCUT2D eigenvalue weighted by Gasteiger charge is -2.05. The maximum Gasteiger partial charge on any atom is 0.311 e. The van der Waals surface area contributed by atoms with Crippen LogP contribution >= 0.6 is 0 Å². The molecule has 7 nitrogen and oxygen atoms in total. The van der Waals surface area contributed by atoms with E-state index in [0.717, 1.165) is 18.2 Å². The lowest BCUT2D eigenvalue weighted by atomic mass is 10.1.